The van der Waals surface area contributed by atoms with Crippen molar-refractivity contribution in [3.8, 4) is 6.07 Å². The van der Waals surface area contributed by atoms with Crippen molar-refractivity contribution in [2.45, 2.75) is 38.0 Å². The number of benzene rings is 2. The van der Waals surface area contributed by atoms with Crippen molar-refractivity contribution < 1.29 is 22.7 Å². The SMILES string of the molecule is Cc1cc(C)cc(N(CCC#N)C(=O)COC(=O)C2CCN(S(=O)(=O)c3ccccc3)CC2)c1. The third-order valence-electron chi connectivity index (χ3n) is 5.77. The lowest BCUT2D eigenvalue weighted by atomic mass is 9.98. The summed E-state index contributed by atoms with van der Waals surface area (Å²) in [6.45, 7) is 4.04. The van der Waals surface area contributed by atoms with Crippen molar-refractivity contribution in [2.75, 3.05) is 31.1 Å². The highest BCUT2D eigenvalue weighted by Crippen LogP contribution is 2.25. The van der Waals surface area contributed by atoms with Gasteiger partial charge in [-0.1, -0.05) is 24.3 Å². The number of amides is 1. The molecule has 2 aromatic rings. The van der Waals surface area contributed by atoms with Crippen LogP contribution in [0.3, 0.4) is 0 Å². The van der Waals surface area contributed by atoms with E-state index in [-0.39, 0.29) is 31.0 Å². The highest BCUT2D eigenvalue weighted by Gasteiger charge is 2.33. The second-order valence-corrected chi connectivity index (χ2v) is 10.3. The third kappa shape index (κ3) is 6.22. The molecule has 34 heavy (non-hydrogen) atoms. The van der Waals surface area contributed by atoms with Gasteiger partial charge in [-0.05, 0) is 62.1 Å². The Balaban J connectivity index is 1.57. The molecule has 0 unspecified atom stereocenters. The zero-order valence-electron chi connectivity index (χ0n) is 19.4. The van der Waals surface area contributed by atoms with Crippen LogP contribution in [0, 0.1) is 31.1 Å². The zero-order valence-corrected chi connectivity index (χ0v) is 20.3. The van der Waals surface area contributed by atoms with E-state index in [4.69, 9.17) is 10.00 Å². The number of carbonyl (C=O) groups excluding carboxylic acids is 2. The van der Waals surface area contributed by atoms with E-state index in [1.165, 1.54) is 9.21 Å². The smallest absolute Gasteiger partial charge is 0.309 e. The van der Waals surface area contributed by atoms with Crippen LogP contribution in [0.5, 0.6) is 0 Å². The minimum absolute atomic E-state index is 0.154. The molecule has 0 bridgehead atoms. The number of rotatable bonds is 8. The zero-order chi connectivity index (χ0) is 24.7. The minimum atomic E-state index is -3.60. The number of hydrogen-bond donors (Lipinski definition) is 0. The molecule has 1 saturated heterocycles. The van der Waals surface area contributed by atoms with Crippen molar-refractivity contribution in [1.29, 1.82) is 5.26 Å². The first-order chi connectivity index (χ1) is 16.2. The van der Waals surface area contributed by atoms with E-state index in [1.807, 2.05) is 38.1 Å². The number of piperidine rings is 1. The van der Waals surface area contributed by atoms with Crippen LogP contribution in [0.4, 0.5) is 5.69 Å². The Morgan fingerprint density at radius 1 is 1.09 bits per heavy atom. The summed E-state index contributed by atoms with van der Waals surface area (Å²) < 4.78 is 32.2. The first kappa shape index (κ1) is 25.4. The van der Waals surface area contributed by atoms with E-state index in [2.05, 4.69) is 0 Å². The van der Waals surface area contributed by atoms with Crippen molar-refractivity contribution >= 4 is 27.6 Å². The topological polar surface area (TPSA) is 108 Å². The largest absolute Gasteiger partial charge is 0.455 e. The summed E-state index contributed by atoms with van der Waals surface area (Å²) in [4.78, 5) is 27.1. The van der Waals surface area contributed by atoms with Gasteiger partial charge in [0.15, 0.2) is 6.61 Å². The molecule has 1 heterocycles. The second-order valence-electron chi connectivity index (χ2n) is 8.40. The van der Waals surface area contributed by atoms with Crippen LogP contribution in [0.15, 0.2) is 53.4 Å². The van der Waals surface area contributed by atoms with Crippen LogP contribution in [0.1, 0.15) is 30.4 Å². The van der Waals surface area contributed by atoms with Crippen LogP contribution < -0.4 is 4.90 Å². The molecular formula is C25H29N3O5S. The Kier molecular flexibility index (Phi) is 8.42. The Labute approximate surface area is 200 Å². The van der Waals surface area contributed by atoms with Crippen molar-refractivity contribution in [2.24, 2.45) is 5.92 Å². The summed E-state index contributed by atoms with van der Waals surface area (Å²) in [5, 5.41) is 8.97. The summed E-state index contributed by atoms with van der Waals surface area (Å²) in [5.41, 5.74) is 2.63. The van der Waals surface area contributed by atoms with Crippen LogP contribution in [-0.2, 0) is 24.3 Å². The van der Waals surface area contributed by atoms with E-state index in [0.29, 0.717) is 18.5 Å². The van der Waals surface area contributed by atoms with E-state index >= 15 is 0 Å². The van der Waals surface area contributed by atoms with Crippen LogP contribution in [0.2, 0.25) is 0 Å². The van der Waals surface area contributed by atoms with Gasteiger partial charge >= 0.3 is 5.97 Å². The summed E-state index contributed by atoms with van der Waals surface area (Å²) in [6, 6.07) is 15.9. The van der Waals surface area contributed by atoms with Gasteiger partial charge in [0.2, 0.25) is 10.0 Å². The number of ether oxygens (including phenoxy) is 1. The van der Waals surface area contributed by atoms with Gasteiger partial charge in [0.25, 0.3) is 5.91 Å². The molecule has 0 atom stereocenters. The first-order valence-corrected chi connectivity index (χ1v) is 12.6. The molecule has 0 aliphatic carbocycles. The Bertz CT molecular complexity index is 1150. The Morgan fingerprint density at radius 3 is 2.29 bits per heavy atom. The summed E-state index contributed by atoms with van der Waals surface area (Å²) in [7, 11) is -3.60. The third-order valence-corrected chi connectivity index (χ3v) is 7.69. The number of hydrogen-bond acceptors (Lipinski definition) is 6. The van der Waals surface area contributed by atoms with Gasteiger partial charge in [-0.25, -0.2) is 8.42 Å². The maximum atomic E-state index is 12.9. The molecule has 1 amide bonds. The lowest BCUT2D eigenvalue weighted by molar-refractivity contribution is -0.153. The lowest BCUT2D eigenvalue weighted by Crippen LogP contribution is -2.41. The molecule has 1 aliphatic rings. The number of aryl methyl sites for hydroxylation is 2. The van der Waals surface area contributed by atoms with Gasteiger partial charge < -0.3 is 9.64 Å². The second kappa shape index (κ2) is 11.3. The number of nitrogens with zero attached hydrogens (tertiary/aromatic N) is 3. The number of anilines is 1. The molecule has 8 nitrogen and oxygen atoms in total. The van der Waals surface area contributed by atoms with Crippen molar-refractivity contribution in [3.63, 3.8) is 0 Å². The van der Waals surface area contributed by atoms with Crippen molar-refractivity contribution in [1.82, 2.24) is 4.31 Å². The quantitative estimate of drug-likeness (QED) is 0.534. The normalized spacial score (nSPS) is 14.9. The molecule has 1 aliphatic heterocycles. The molecule has 0 radical (unpaired) electrons. The molecule has 2 aromatic carbocycles. The van der Waals surface area contributed by atoms with Gasteiger partial charge in [0.1, 0.15) is 0 Å². The Morgan fingerprint density at radius 2 is 1.71 bits per heavy atom. The number of nitriles is 1. The standard InChI is InChI=1S/C25H29N3O5S/c1-19-15-20(2)17-22(16-19)28(12-6-11-26)24(29)18-33-25(30)21-9-13-27(14-10-21)34(31,32)23-7-4-3-5-8-23/h3-5,7-8,15-17,21H,6,9-10,12-14,18H2,1-2H3. The van der Waals surface area contributed by atoms with Crippen LogP contribution >= 0.6 is 0 Å². The average Bonchev–Trinajstić information content (AvgIpc) is 2.83. The first-order valence-electron chi connectivity index (χ1n) is 11.2. The van der Waals surface area contributed by atoms with Crippen LogP contribution in [0.25, 0.3) is 0 Å². The molecule has 180 valence electrons. The molecule has 1 fully saturated rings. The van der Waals surface area contributed by atoms with Crippen LogP contribution in [-0.4, -0.2) is 50.8 Å². The maximum Gasteiger partial charge on any atom is 0.309 e. The number of carbonyl (C=O) groups is 2. The molecule has 9 heteroatoms. The van der Waals surface area contributed by atoms with Gasteiger partial charge in [0, 0.05) is 25.3 Å². The maximum absolute atomic E-state index is 12.9. The fraction of sp³-hybridized carbons (Fsp3) is 0.400. The highest BCUT2D eigenvalue weighted by atomic mass is 32.2. The number of esters is 1. The number of sulfonamides is 1. The lowest BCUT2D eigenvalue weighted by Gasteiger charge is -2.30. The molecule has 0 spiro atoms. The molecule has 3 rings (SSSR count). The molecule has 0 aromatic heterocycles. The van der Waals surface area contributed by atoms with E-state index in [0.717, 1.165) is 11.1 Å². The van der Waals surface area contributed by atoms with Gasteiger partial charge in [-0.3, -0.25) is 9.59 Å². The van der Waals surface area contributed by atoms with E-state index < -0.39 is 34.4 Å². The van der Waals surface area contributed by atoms with Crippen molar-refractivity contribution in [3.05, 3.63) is 59.7 Å². The average molecular weight is 484 g/mol. The van der Waals surface area contributed by atoms with Gasteiger partial charge in [-0.2, -0.15) is 9.57 Å². The summed E-state index contributed by atoms with van der Waals surface area (Å²) in [5.74, 6) is -1.38. The van der Waals surface area contributed by atoms with Gasteiger partial charge in [0.05, 0.1) is 23.3 Å². The fourth-order valence-electron chi connectivity index (χ4n) is 4.07. The molecular weight excluding hydrogens is 454 g/mol. The predicted octanol–water partition coefficient (Wildman–Crippen LogP) is 3.19. The predicted molar refractivity (Wildman–Crippen MR) is 127 cm³/mol. The minimum Gasteiger partial charge on any atom is -0.455 e. The van der Waals surface area contributed by atoms with E-state index in [1.54, 1.807) is 30.3 Å². The summed E-state index contributed by atoms with van der Waals surface area (Å²) in [6.07, 6.45) is 0.809. The fourth-order valence-corrected chi connectivity index (χ4v) is 5.56. The molecule has 0 N–H and O–H groups in total. The molecule has 0 saturated carbocycles. The monoisotopic (exact) mass is 483 g/mol. The highest BCUT2D eigenvalue weighted by molar-refractivity contribution is 7.89. The summed E-state index contributed by atoms with van der Waals surface area (Å²) >= 11 is 0. The van der Waals surface area contributed by atoms with E-state index in [9.17, 15) is 18.0 Å². The Hall–Kier alpha value is -3.22. The van der Waals surface area contributed by atoms with Gasteiger partial charge in [-0.15, -0.1) is 0 Å².